The van der Waals surface area contributed by atoms with Gasteiger partial charge in [-0.1, -0.05) is 60.7 Å². The first-order valence-corrected chi connectivity index (χ1v) is 12.7. The van der Waals surface area contributed by atoms with Gasteiger partial charge in [0, 0.05) is 11.5 Å². The summed E-state index contributed by atoms with van der Waals surface area (Å²) in [6.45, 7) is 5.30. The molecule has 0 aromatic heterocycles. The topological polar surface area (TPSA) is 84.9 Å². The van der Waals surface area contributed by atoms with Crippen molar-refractivity contribution < 1.29 is 23.9 Å². The Labute approximate surface area is 213 Å². The van der Waals surface area contributed by atoms with Crippen LogP contribution in [0.5, 0.6) is 0 Å². The quantitative estimate of drug-likeness (QED) is 0.333. The Hall–Kier alpha value is -2.97. The maximum atomic E-state index is 13.6. The van der Waals surface area contributed by atoms with E-state index in [0.29, 0.717) is 5.57 Å². The molecular formula is C26H27ClN2O5S. The fourth-order valence-electron chi connectivity index (χ4n) is 3.93. The lowest BCUT2D eigenvalue weighted by atomic mass is 10.0. The Morgan fingerprint density at radius 3 is 2.14 bits per heavy atom. The second kappa shape index (κ2) is 10.3. The zero-order valence-corrected chi connectivity index (χ0v) is 21.3. The summed E-state index contributed by atoms with van der Waals surface area (Å²) in [5.74, 6) is -0.938. The van der Waals surface area contributed by atoms with E-state index in [9.17, 15) is 14.4 Å². The minimum absolute atomic E-state index is 0.0737. The van der Waals surface area contributed by atoms with Gasteiger partial charge in [0.1, 0.15) is 16.7 Å². The standard InChI is InChI=1S/C26H27ClN2O5S/c1-26(2,3)34-25(32)28-23-18(15-27)21(29-19(30)14-20(29)35-23)24(31)33-22(16-10-6-4-7-11-16)17-12-8-5-9-13-17/h4-13,20,22-23H,14-15H2,1-3H3,(H,28,32). The van der Waals surface area contributed by atoms with Crippen molar-refractivity contribution in [1.82, 2.24) is 10.2 Å². The summed E-state index contributed by atoms with van der Waals surface area (Å²) >= 11 is 7.62. The molecule has 0 bridgehead atoms. The molecule has 9 heteroatoms. The number of hydrogen-bond acceptors (Lipinski definition) is 6. The van der Waals surface area contributed by atoms with Gasteiger partial charge in [0.25, 0.3) is 0 Å². The number of nitrogens with one attached hydrogen (secondary N) is 1. The molecule has 2 heterocycles. The van der Waals surface area contributed by atoms with Crippen LogP contribution in [0.15, 0.2) is 71.9 Å². The Morgan fingerprint density at radius 1 is 1.09 bits per heavy atom. The van der Waals surface area contributed by atoms with E-state index in [1.807, 2.05) is 60.7 Å². The number of amides is 2. The number of β-lactam (4-membered cyclic amide) rings is 1. The predicted octanol–water partition coefficient (Wildman–Crippen LogP) is 4.97. The molecule has 2 aromatic rings. The van der Waals surface area contributed by atoms with Gasteiger partial charge >= 0.3 is 12.1 Å². The SMILES string of the molecule is CC(C)(C)OC(=O)NC1SC2CC(=O)N2C(C(=O)OC(c2ccccc2)c2ccccc2)=C1CCl. The van der Waals surface area contributed by atoms with E-state index in [-0.39, 0.29) is 29.3 Å². The van der Waals surface area contributed by atoms with Gasteiger partial charge in [0.2, 0.25) is 5.91 Å². The second-order valence-corrected chi connectivity index (χ2v) is 10.8. The number of carbonyl (C=O) groups is 3. The van der Waals surface area contributed by atoms with E-state index in [2.05, 4.69) is 5.32 Å². The minimum Gasteiger partial charge on any atom is -0.448 e. The van der Waals surface area contributed by atoms with Crippen LogP contribution in [0.25, 0.3) is 0 Å². The van der Waals surface area contributed by atoms with Gasteiger partial charge in [-0.05, 0) is 31.9 Å². The molecule has 4 rings (SSSR count). The lowest BCUT2D eigenvalue weighted by Crippen LogP contribution is -2.58. The maximum absolute atomic E-state index is 13.6. The van der Waals surface area contributed by atoms with Gasteiger partial charge in [0.15, 0.2) is 6.10 Å². The number of benzene rings is 2. The molecule has 1 saturated heterocycles. The number of fused-ring (bicyclic) bond motifs is 1. The molecule has 0 spiro atoms. The number of thioether (sulfide) groups is 1. The first kappa shape index (κ1) is 25.1. The molecule has 2 unspecified atom stereocenters. The molecule has 2 aliphatic heterocycles. The number of carbonyl (C=O) groups excluding carboxylic acids is 3. The van der Waals surface area contributed by atoms with Crippen molar-refractivity contribution in [2.75, 3.05) is 5.88 Å². The van der Waals surface area contributed by atoms with Gasteiger partial charge in [-0.3, -0.25) is 9.69 Å². The summed E-state index contributed by atoms with van der Waals surface area (Å²) in [7, 11) is 0. The molecule has 1 fully saturated rings. The molecule has 0 saturated carbocycles. The Morgan fingerprint density at radius 2 is 1.66 bits per heavy atom. The van der Waals surface area contributed by atoms with E-state index in [4.69, 9.17) is 21.1 Å². The van der Waals surface area contributed by atoms with Crippen molar-refractivity contribution in [3.63, 3.8) is 0 Å². The Bertz CT molecular complexity index is 1090. The number of esters is 1. The van der Waals surface area contributed by atoms with Crippen LogP contribution in [0, 0.1) is 0 Å². The lowest BCUT2D eigenvalue weighted by Gasteiger charge is -2.47. The highest BCUT2D eigenvalue weighted by Gasteiger charge is 2.49. The number of nitrogens with zero attached hydrogens (tertiary/aromatic N) is 1. The summed E-state index contributed by atoms with van der Waals surface area (Å²) in [5, 5.41) is 1.86. The minimum atomic E-state index is -0.687. The Balaban J connectivity index is 1.67. The molecule has 2 amide bonds. The zero-order valence-electron chi connectivity index (χ0n) is 19.7. The summed E-state index contributed by atoms with van der Waals surface area (Å²) in [6, 6.07) is 18.8. The number of halogens is 1. The van der Waals surface area contributed by atoms with Crippen LogP contribution in [-0.2, 0) is 19.1 Å². The molecule has 0 aliphatic carbocycles. The molecule has 2 atom stereocenters. The molecule has 184 valence electrons. The van der Waals surface area contributed by atoms with Crippen molar-refractivity contribution in [3.8, 4) is 0 Å². The highest BCUT2D eigenvalue weighted by atomic mass is 35.5. The first-order valence-electron chi connectivity index (χ1n) is 11.2. The van der Waals surface area contributed by atoms with Crippen molar-refractivity contribution in [2.24, 2.45) is 0 Å². The van der Waals surface area contributed by atoms with Crippen LogP contribution < -0.4 is 5.32 Å². The number of ether oxygens (including phenoxy) is 2. The normalized spacial score (nSPS) is 19.7. The van der Waals surface area contributed by atoms with Crippen molar-refractivity contribution in [3.05, 3.63) is 83.1 Å². The third-order valence-corrected chi connectivity index (χ3v) is 7.13. The summed E-state index contributed by atoms with van der Waals surface area (Å²) in [6.07, 6.45) is -1.06. The van der Waals surface area contributed by atoms with E-state index < -0.39 is 29.1 Å². The molecule has 2 aliphatic rings. The van der Waals surface area contributed by atoms with Crippen LogP contribution in [0.3, 0.4) is 0 Å². The van der Waals surface area contributed by atoms with Crippen molar-refractivity contribution in [2.45, 2.75) is 49.6 Å². The number of rotatable bonds is 6. The highest BCUT2D eigenvalue weighted by molar-refractivity contribution is 8.00. The zero-order chi connectivity index (χ0) is 25.2. The van der Waals surface area contributed by atoms with Gasteiger partial charge in [-0.15, -0.1) is 23.4 Å². The molecule has 1 N–H and O–H groups in total. The average molecular weight is 515 g/mol. The summed E-state index contributed by atoms with van der Waals surface area (Å²) < 4.78 is 11.4. The molecule has 0 radical (unpaired) electrons. The van der Waals surface area contributed by atoms with Crippen LogP contribution in [0.1, 0.15) is 44.4 Å². The van der Waals surface area contributed by atoms with Crippen molar-refractivity contribution in [1.29, 1.82) is 0 Å². The third kappa shape index (κ3) is 5.65. The Kier molecular flexibility index (Phi) is 7.42. The van der Waals surface area contributed by atoms with E-state index in [1.165, 1.54) is 16.7 Å². The molecular weight excluding hydrogens is 488 g/mol. The van der Waals surface area contributed by atoms with E-state index in [1.54, 1.807) is 20.8 Å². The van der Waals surface area contributed by atoms with Gasteiger partial charge in [-0.25, -0.2) is 9.59 Å². The third-order valence-electron chi connectivity index (χ3n) is 5.48. The molecule has 7 nitrogen and oxygen atoms in total. The number of alkyl carbamates (subject to hydrolysis) is 1. The van der Waals surface area contributed by atoms with Crippen molar-refractivity contribution >= 4 is 41.3 Å². The van der Waals surface area contributed by atoms with Crippen LogP contribution >= 0.6 is 23.4 Å². The smallest absolute Gasteiger partial charge is 0.408 e. The van der Waals surface area contributed by atoms with Gasteiger partial charge in [-0.2, -0.15) is 0 Å². The average Bonchev–Trinajstić information content (AvgIpc) is 2.81. The van der Waals surface area contributed by atoms with E-state index >= 15 is 0 Å². The first-order chi connectivity index (χ1) is 16.7. The molecule has 35 heavy (non-hydrogen) atoms. The van der Waals surface area contributed by atoms with Crippen LogP contribution in [0.2, 0.25) is 0 Å². The number of alkyl halides is 1. The molecule has 2 aromatic carbocycles. The van der Waals surface area contributed by atoms with Gasteiger partial charge < -0.3 is 14.8 Å². The second-order valence-electron chi connectivity index (χ2n) is 9.20. The monoisotopic (exact) mass is 514 g/mol. The highest BCUT2D eigenvalue weighted by Crippen LogP contribution is 2.44. The summed E-state index contributed by atoms with van der Waals surface area (Å²) in [5.41, 5.74) is 1.38. The van der Waals surface area contributed by atoms with Crippen LogP contribution in [0.4, 0.5) is 4.79 Å². The fraction of sp³-hybridized carbons (Fsp3) is 0.346. The lowest BCUT2D eigenvalue weighted by molar-refractivity contribution is -0.151. The maximum Gasteiger partial charge on any atom is 0.408 e. The van der Waals surface area contributed by atoms with Gasteiger partial charge in [0.05, 0.1) is 11.8 Å². The van der Waals surface area contributed by atoms with Crippen LogP contribution in [-0.4, -0.2) is 45.1 Å². The summed E-state index contributed by atoms with van der Waals surface area (Å²) in [4.78, 5) is 40.0. The largest absolute Gasteiger partial charge is 0.448 e. The predicted molar refractivity (Wildman–Crippen MR) is 135 cm³/mol. The number of hydrogen-bond donors (Lipinski definition) is 1. The fourth-order valence-corrected chi connectivity index (χ4v) is 5.72. The van der Waals surface area contributed by atoms with E-state index in [0.717, 1.165) is 11.1 Å².